The molecular weight excluding hydrogens is 985 g/mol. The van der Waals surface area contributed by atoms with Crippen LogP contribution in [0.3, 0.4) is 0 Å². The highest BCUT2D eigenvalue weighted by Gasteiger charge is 2.45. The third-order valence-corrected chi connectivity index (χ3v) is 14.0. The van der Waals surface area contributed by atoms with Crippen molar-refractivity contribution in [1.82, 2.24) is 47.0 Å². The molecule has 0 unspecified atom stereocenters. The first kappa shape index (κ1) is 56.1. The Labute approximate surface area is 446 Å². The molecule has 0 spiro atoms. The van der Waals surface area contributed by atoms with Crippen LogP contribution in [0.5, 0.6) is 0 Å². The molecule has 0 radical (unpaired) electrons. The molecule has 0 saturated carbocycles. The lowest BCUT2D eigenvalue weighted by Gasteiger charge is -2.34. The van der Waals surface area contributed by atoms with E-state index in [2.05, 4.69) is 37.2 Å². The zero-order valence-corrected chi connectivity index (χ0v) is 42.8. The zero-order chi connectivity index (χ0) is 54.8. The van der Waals surface area contributed by atoms with Crippen molar-refractivity contribution in [3.05, 3.63) is 144 Å². The fraction of sp³-hybridized carbons (Fsp3) is 0.393. The van der Waals surface area contributed by atoms with E-state index in [-0.39, 0.29) is 77.0 Å². The zero-order valence-electron chi connectivity index (χ0n) is 42.8. The smallest absolute Gasteiger partial charge is 0.246 e. The largest absolute Gasteiger partial charge is 0.370 e. The van der Waals surface area contributed by atoms with Gasteiger partial charge >= 0.3 is 0 Å². The minimum Gasteiger partial charge on any atom is -0.370 e. The van der Waals surface area contributed by atoms with Crippen LogP contribution in [0.4, 0.5) is 0 Å². The monoisotopic (exact) mass is 1050 g/mol. The molecule has 3 fully saturated rings. The van der Waals surface area contributed by atoms with Gasteiger partial charge in [0.05, 0.1) is 6.42 Å². The van der Waals surface area contributed by atoms with Crippen molar-refractivity contribution < 1.29 is 43.2 Å². The molecule has 3 heterocycles. The van der Waals surface area contributed by atoms with E-state index in [9.17, 15) is 43.2 Å². The molecule has 4 aromatic carbocycles. The summed E-state index contributed by atoms with van der Waals surface area (Å²) in [6, 6.07) is 24.7. The predicted octanol–water partition coefficient (Wildman–Crippen LogP) is 0.000270. The van der Waals surface area contributed by atoms with Gasteiger partial charge < -0.3 is 58.5 Å². The fourth-order valence-corrected chi connectivity index (χ4v) is 10.0. The van der Waals surface area contributed by atoms with E-state index in [0.717, 1.165) is 0 Å². The molecule has 12 N–H and O–H groups in total. The standard InChI is InChI=1S/C56H68N12O9/c57-47(69)34-43-52(74)64-42(32-37-20-9-3-10-21-37)51(73)66-44(33-38-22-11-4-12-23-38)54(76)68-29-15-26-46(68)55(77)67-28-14-25-45(67)53(75)61-39(24-13-27-60-56(58)59)48(70)62-40(30-35-16-5-1-6-17-35)49(71)63-41(50(72)65-43)31-36-18-7-2-8-19-36/h1-12,16-23,39-46H,13-15,24-34H2,(H2,57,69)(H,61,75)(H,62,70)(H,63,71)(H,64,74)(H,65,72)(H,66,73)(H4,58,59,60)/t39-,40-,41-,42-,43-,44-,45-,46+/m0/s1. The third kappa shape index (κ3) is 15.9. The lowest BCUT2D eigenvalue weighted by Crippen LogP contribution is -2.62. The molecule has 406 valence electrons. The Morgan fingerprint density at radius 2 is 0.818 bits per heavy atom. The van der Waals surface area contributed by atoms with Crippen LogP contribution in [0.25, 0.3) is 0 Å². The Balaban J connectivity index is 1.29. The number of hydrogen-bond acceptors (Lipinski definition) is 10. The van der Waals surface area contributed by atoms with Crippen LogP contribution in [-0.2, 0) is 68.8 Å². The minimum atomic E-state index is -1.68. The summed E-state index contributed by atoms with van der Waals surface area (Å²) in [6.07, 6.45) is 0.634. The molecule has 3 saturated heterocycles. The van der Waals surface area contributed by atoms with E-state index in [1.807, 2.05) is 0 Å². The van der Waals surface area contributed by atoms with Crippen LogP contribution in [0.2, 0.25) is 0 Å². The molecule has 77 heavy (non-hydrogen) atoms. The number of hydrogen-bond donors (Lipinski definition) is 10. The Kier molecular flexibility index (Phi) is 19.9. The van der Waals surface area contributed by atoms with Gasteiger partial charge in [-0.15, -0.1) is 0 Å². The van der Waals surface area contributed by atoms with Gasteiger partial charge in [-0.25, -0.2) is 0 Å². The summed E-state index contributed by atoms with van der Waals surface area (Å²) >= 11 is 0. The molecule has 21 nitrogen and oxygen atoms in total. The quantitative estimate of drug-likeness (QED) is 0.0456. The van der Waals surface area contributed by atoms with E-state index < -0.39 is 108 Å². The molecule has 0 bridgehead atoms. The number of guanidine groups is 1. The number of benzene rings is 4. The second-order valence-corrected chi connectivity index (χ2v) is 19.7. The molecular formula is C56H68N12O9. The number of fused-ring (bicyclic) bond motifs is 2. The molecule has 7 rings (SSSR count). The number of amides is 9. The van der Waals surface area contributed by atoms with Crippen molar-refractivity contribution >= 4 is 59.1 Å². The lowest BCUT2D eigenvalue weighted by molar-refractivity contribution is -0.148. The van der Waals surface area contributed by atoms with Crippen LogP contribution in [-0.4, -0.2) is 137 Å². The van der Waals surface area contributed by atoms with Crippen molar-refractivity contribution in [2.24, 2.45) is 11.5 Å². The number of nitrogens with one attached hydrogen (secondary N) is 8. The summed E-state index contributed by atoms with van der Waals surface area (Å²) in [7, 11) is 0. The molecule has 0 aliphatic carbocycles. The third-order valence-electron chi connectivity index (χ3n) is 14.0. The summed E-state index contributed by atoms with van der Waals surface area (Å²) in [4.78, 5) is 133. The number of carbonyl (C=O) groups is 9. The van der Waals surface area contributed by atoms with Crippen molar-refractivity contribution in [1.29, 1.82) is 5.41 Å². The Morgan fingerprint density at radius 1 is 0.468 bits per heavy atom. The normalized spacial score (nSPS) is 24.2. The SMILES string of the molecule is N=C(N)NCCC[C@@H]1NC(=O)[C@@H]2CCCN2C(=O)[C@H]2CCCN2C(=O)[C@H](Cc2ccccc2)NC(=O)[C@H](Cc2ccccc2)NC(=O)[C@H](CC(N)=O)NC(=O)[C@H](Cc2ccccc2)NC(=O)[C@H](Cc2ccccc2)NC1=O. The van der Waals surface area contributed by atoms with E-state index in [1.165, 1.54) is 9.80 Å². The maximum atomic E-state index is 15.0. The number of rotatable bonds is 14. The highest BCUT2D eigenvalue weighted by atomic mass is 16.2. The molecule has 8 atom stereocenters. The Hall–Kier alpha value is -8.62. The minimum absolute atomic E-state index is 0.00392. The van der Waals surface area contributed by atoms with Crippen LogP contribution in [0, 0.1) is 5.41 Å². The number of nitrogens with zero attached hydrogens (tertiary/aromatic N) is 2. The highest BCUT2D eigenvalue weighted by molar-refractivity contribution is 6.00. The van der Waals surface area contributed by atoms with E-state index in [0.29, 0.717) is 35.1 Å². The summed E-state index contributed by atoms with van der Waals surface area (Å²) < 4.78 is 0. The van der Waals surface area contributed by atoms with Gasteiger partial charge in [0.2, 0.25) is 53.2 Å². The van der Waals surface area contributed by atoms with Crippen LogP contribution < -0.4 is 48.7 Å². The van der Waals surface area contributed by atoms with Crippen molar-refractivity contribution in [3.63, 3.8) is 0 Å². The average Bonchev–Trinajstić information content (AvgIpc) is 4.15. The highest BCUT2D eigenvalue weighted by Crippen LogP contribution is 2.27. The number of nitrogens with two attached hydrogens (primary N) is 2. The maximum Gasteiger partial charge on any atom is 0.246 e. The number of primary amides is 1. The predicted molar refractivity (Wildman–Crippen MR) is 285 cm³/mol. The van der Waals surface area contributed by atoms with E-state index in [4.69, 9.17) is 16.9 Å². The number of carbonyl (C=O) groups excluding carboxylic acids is 9. The first-order valence-corrected chi connectivity index (χ1v) is 26.1. The lowest BCUT2D eigenvalue weighted by atomic mass is 10.0. The van der Waals surface area contributed by atoms with Gasteiger partial charge in [0, 0.05) is 45.3 Å². The maximum absolute atomic E-state index is 15.0. The summed E-state index contributed by atoms with van der Waals surface area (Å²) in [6.45, 7) is 0.514. The first-order chi connectivity index (χ1) is 37.1. The molecule has 21 heteroatoms. The average molecular weight is 1050 g/mol. The fourth-order valence-electron chi connectivity index (χ4n) is 10.0. The van der Waals surface area contributed by atoms with Crippen LogP contribution >= 0.6 is 0 Å². The van der Waals surface area contributed by atoms with Crippen molar-refractivity contribution in [3.8, 4) is 0 Å². The molecule has 4 aromatic rings. The van der Waals surface area contributed by atoms with E-state index >= 15 is 0 Å². The molecule has 9 amide bonds. The summed E-state index contributed by atoms with van der Waals surface area (Å²) in [5.41, 5.74) is 13.8. The summed E-state index contributed by atoms with van der Waals surface area (Å²) in [5.74, 6) is -7.15. The van der Waals surface area contributed by atoms with Crippen molar-refractivity contribution in [2.75, 3.05) is 19.6 Å². The topological polar surface area (TPSA) is 320 Å². The van der Waals surface area contributed by atoms with Gasteiger partial charge in [0.15, 0.2) is 5.96 Å². The van der Waals surface area contributed by atoms with Crippen molar-refractivity contribution in [2.45, 2.75) is 119 Å². The molecule has 0 aromatic heterocycles. The van der Waals surface area contributed by atoms with Gasteiger partial charge in [0.1, 0.15) is 48.3 Å². The molecule has 3 aliphatic heterocycles. The summed E-state index contributed by atoms with van der Waals surface area (Å²) in [5, 5.41) is 26.9. The van der Waals surface area contributed by atoms with Crippen LogP contribution in [0.1, 0.15) is 67.2 Å². The first-order valence-electron chi connectivity index (χ1n) is 26.1. The second-order valence-electron chi connectivity index (χ2n) is 19.7. The second kappa shape index (κ2) is 27.3. The van der Waals surface area contributed by atoms with Crippen LogP contribution in [0.15, 0.2) is 121 Å². The molecule has 3 aliphatic rings. The van der Waals surface area contributed by atoms with E-state index in [1.54, 1.807) is 121 Å². The van der Waals surface area contributed by atoms with Gasteiger partial charge in [-0.05, 0) is 60.8 Å². The van der Waals surface area contributed by atoms with Gasteiger partial charge in [-0.2, -0.15) is 0 Å². The Bertz CT molecular complexity index is 2740. The van der Waals surface area contributed by atoms with Gasteiger partial charge in [-0.3, -0.25) is 48.6 Å². The Morgan fingerprint density at radius 3 is 1.25 bits per heavy atom. The van der Waals surface area contributed by atoms with Gasteiger partial charge in [0.25, 0.3) is 0 Å². The van der Waals surface area contributed by atoms with Gasteiger partial charge in [-0.1, -0.05) is 121 Å².